The standard InChI is InChI=1S/C17H23N3S/c1-13(2)20(12-16-4-3-9-21-16)17-7-8-18-10-14(17)11-19-15-5-6-15/h3-4,7-10,13,15,19H,5-6,11-12H2,1-2H3. The Hall–Kier alpha value is -1.39. The second-order valence-electron chi connectivity index (χ2n) is 5.96. The summed E-state index contributed by atoms with van der Waals surface area (Å²) in [5.41, 5.74) is 2.61. The van der Waals surface area contributed by atoms with Gasteiger partial charge in [-0.2, -0.15) is 0 Å². The first-order chi connectivity index (χ1) is 10.2. The van der Waals surface area contributed by atoms with Crippen LogP contribution in [0.25, 0.3) is 0 Å². The molecular weight excluding hydrogens is 278 g/mol. The van der Waals surface area contributed by atoms with Crippen molar-refractivity contribution >= 4 is 17.0 Å². The van der Waals surface area contributed by atoms with Gasteiger partial charge in [0, 0.05) is 47.2 Å². The summed E-state index contributed by atoms with van der Waals surface area (Å²) in [6, 6.07) is 7.68. The molecule has 0 atom stereocenters. The molecule has 1 aliphatic carbocycles. The molecule has 0 aromatic carbocycles. The highest BCUT2D eigenvalue weighted by Gasteiger charge is 2.21. The predicted molar refractivity (Wildman–Crippen MR) is 89.7 cm³/mol. The fraction of sp³-hybridized carbons (Fsp3) is 0.471. The highest BCUT2D eigenvalue weighted by Crippen LogP contribution is 2.26. The van der Waals surface area contributed by atoms with Gasteiger partial charge >= 0.3 is 0 Å². The number of aromatic nitrogens is 1. The molecule has 1 saturated carbocycles. The molecule has 3 nitrogen and oxygen atoms in total. The number of hydrogen-bond donors (Lipinski definition) is 1. The van der Waals surface area contributed by atoms with Crippen LogP contribution in [0.4, 0.5) is 5.69 Å². The fourth-order valence-electron chi connectivity index (χ4n) is 2.49. The Bertz CT molecular complexity index is 561. The lowest BCUT2D eigenvalue weighted by Gasteiger charge is -2.30. The molecule has 0 radical (unpaired) electrons. The molecule has 0 spiro atoms. The first-order valence-electron chi connectivity index (χ1n) is 7.69. The van der Waals surface area contributed by atoms with Crippen LogP contribution in [0, 0.1) is 0 Å². The molecule has 0 bridgehead atoms. The maximum Gasteiger partial charge on any atom is 0.0525 e. The van der Waals surface area contributed by atoms with E-state index in [4.69, 9.17) is 0 Å². The van der Waals surface area contributed by atoms with Crippen LogP contribution in [0.1, 0.15) is 37.1 Å². The summed E-state index contributed by atoms with van der Waals surface area (Å²) in [5.74, 6) is 0. The van der Waals surface area contributed by atoms with E-state index in [1.54, 1.807) is 0 Å². The number of anilines is 1. The SMILES string of the molecule is CC(C)N(Cc1cccs1)c1ccncc1CNC1CC1. The molecule has 0 aliphatic heterocycles. The van der Waals surface area contributed by atoms with Crippen LogP contribution in [0.2, 0.25) is 0 Å². The quantitative estimate of drug-likeness (QED) is 0.843. The third kappa shape index (κ3) is 3.83. The van der Waals surface area contributed by atoms with Crippen LogP contribution in [-0.2, 0) is 13.1 Å². The lowest BCUT2D eigenvalue weighted by Crippen LogP contribution is -2.31. The Balaban J connectivity index is 1.80. The van der Waals surface area contributed by atoms with Gasteiger partial charge in [0.25, 0.3) is 0 Å². The number of thiophene rings is 1. The topological polar surface area (TPSA) is 28.2 Å². The maximum atomic E-state index is 4.32. The second-order valence-corrected chi connectivity index (χ2v) is 6.99. The van der Waals surface area contributed by atoms with Gasteiger partial charge in [0.2, 0.25) is 0 Å². The molecule has 2 heterocycles. The van der Waals surface area contributed by atoms with E-state index in [0.29, 0.717) is 6.04 Å². The molecule has 1 fully saturated rings. The van der Waals surface area contributed by atoms with E-state index in [1.807, 2.05) is 23.7 Å². The van der Waals surface area contributed by atoms with Crippen molar-refractivity contribution in [1.82, 2.24) is 10.3 Å². The Kier molecular flexibility index (Phi) is 4.56. The third-order valence-corrected chi connectivity index (χ3v) is 4.74. The molecule has 0 unspecified atom stereocenters. The Morgan fingerprint density at radius 1 is 1.38 bits per heavy atom. The molecule has 3 rings (SSSR count). The Morgan fingerprint density at radius 3 is 2.90 bits per heavy atom. The zero-order chi connectivity index (χ0) is 14.7. The van der Waals surface area contributed by atoms with E-state index >= 15 is 0 Å². The highest BCUT2D eigenvalue weighted by molar-refractivity contribution is 7.09. The zero-order valence-corrected chi connectivity index (χ0v) is 13.6. The molecule has 4 heteroatoms. The summed E-state index contributed by atoms with van der Waals surface area (Å²) in [4.78, 5) is 8.19. The Morgan fingerprint density at radius 2 is 2.24 bits per heavy atom. The van der Waals surface area contributed by atoms with Crippen LogP contribution in [0.3, 0.4) is 0 Å². The van der Waals surface area contributed by atoms with Crippen molar-refractivity contribution in [2.24, 2.45) is 0 Å². The average Bonchev–Trinajstić information content (AvgIpc) is 3.17. The minimum atomic E-state index is 0.467. The van der Waals surface area contributed by atoms with E-state index in [0.717, 1.165) is 19.1 Å². The van der Waals surface area contributed by atoms with Gasteiger partial charge in [0.15, 0.2) is 0 Å². The highest BCUT2D eigenvalue weighted by atomic mass is 32.1. The third-order valence-electron chi connectivity index (χ3n) is 3.88. The van der Waals surface area contributed by atoms with Gasteiger partial charge < -0.3 is 10.2 Å². The smallest absolute Gasteiger partial charge is 0.0525 e. The number of hydrogen-bond acceptors (Lipinski definition) is 4. The summed E-state index contributed by atoms with van der Waals surface area (Å²) in [5, 5.41) is 5.75. The van der Waals surface area contributed by atoms with E-state index < -0.39 is 0 Å². The molecule has 1 N–H and O–H groups in total. The minimum absolute atomic E-state index is 0.467. The normalized spacial score (nSPS) is 14.6. The molecule has 2 aromatic rings. The van der Waals surface area contributed by atoms with Crippen molar-refractivity contribution in [3.05, 3.63) is 46.4 Å². The molecule has 0 amide bonds. The fourth-order valence-corrected chi connectivity index (χ4v) is 3.20. The molecule has 112 valence electrons. The van der Waals surface area contributed by atoms with E-state index in [9.17, 15) is 0 Å². The van der Waals surface area contributed by atoms with Crippen LogP contribution in [0.15, 0.2) is 36.0 Å². The summed E-state index contributed by atoms with van der Waals surface area (Å²) in [6.07, 6.45) is 6.55. The summed E-state index contributed by atoms with van der Waals surface area (Å²) in [7, 11) is 0. The minimum Gasteiger partial charge on any atom is -0.364 e. The molecule has 21 heavy (non-hydrogen) atoms. The monoisotopic (exact) mass is 301 g/mol. The number of nitrogens with one attached hydrogen (secondary N) is 1. The van der Waals surface area contributed by atoms with Gasteiger partial charge in [-0.1, -0.05) is 6.07 Å². The van der Waals surface area contributed by atoms with Gasteiger partial charge in [-0.15, -0.1) is 11.3 Å². The largest absolute Gasteiger partial charge is 0.364 e. The van der Waals surface area contributed by atoms with Crippen LogP contribution < -0.4 is 10.2 Å². The lowest BCUT2D eigenvalue weighted by molar-refractivity contribution is 0.658. The first-order valence-corrected chi connectivity index (χ1v) is 8.57. The van der Waals surface area contributed by atoms with Gasteiger partial charge in [0.05, 0.1) is 6.54 Å². The first kappa shape index (κ1) is 14.5. The van der Waals surface area contributed by atoms with E-state index in [-0.39, 0.29) is 0 Å². The van der Waals surface area contributed by atoms with Gasteiger partial charge in [0.1, 0.15) is 0 Å². The summed E-state index contributed by atoms with van der Waals surface area (Å²) >= 11 is 1.82. The average molecular weight is 301 g/mol. The lowest BCUT2D eigenvalue weighted by atomic mass is 10.1. The maximum absolute atomic E-state index is 4.32. The van der Waals surface area contributed by atoms with Crippen molar-refractivity contribution in [3.63, 3.8) is 0 Å². The van der Waals surface area contributed by atoms with Gasteiger partial charge in [-0.25, -0.2) is 0 Å². The van der Waals surface area contributed by atoms with Crippen LogP contribution in [-0.4, -0.2) is 17.1 Å². The van der Waals surface area contributed by atoms with Crippen molar-refractivity contribution in [2.45, 2.75) is 51.9 Å². The predicted octanol–water partition coefficient (Wildman–Crippen LogP) is 3.81. The van der Waals surface area contributed by atoms with E-state index in [1.165, 1.54) is 29.0 Å². The van der Waals surface area contributed by atoms with Gasteiger partial charge in [-0.3, -0.25) is 4.98 Å². The zero-order valence-electron chi connectivity index (χ0n) is 12.7. The molecule has 2 aromatic heterocycles. The van der Waals surface area contributed by atoms with Crippen LogP contribution >= 0.6 is 11.3 Å². The summed E-state index contributed by atoms with van der Waals surface area (Å²) in [6.45, 7) is 6.40. The Labute approximate surface area is 131 Å². The van der Waals surface area contributed by atoms with E-state index in [2.05, 4.69) is 52.6 Å². The molecule has 1 aliphatic rings. The molecular formula is C17H23N3S. The summed E-state index contributed by atoms with van der Waals surface area (Å²) < 4.78 is 0. The number of pyridine rings is 1. The van der Waals surface area contributed by atoms with Crippen molar-refractivity contribution in [3.8, 4) is 0 Å². The second kappa shape index (κ2) is 6.58. The molecule has 0 saturated heterocycles. The van der Waals surface area contributed by atoms with Crippen molar-refractivity contribution < 1.29 is 0 Å². The van der Waals surface area contributed by atoms with Crippen LogP contribution in [0.5, 0.6) is 0 Å². The van der Waals surface area contributed by atoms with Crippen molar-refractivity contribution in [1.29, 1.82) is 0 Å². The number of rotatable bonds is 7. The van der Waals surface area contributed by atoms with Gasteiger partial charge in [-0.05, 0) is 44.2 Å². The van der Waals surface area contributed by atoms with Crippen molar-refractivity contribution in [2.75, 3.05) is 4.90 Å². The number of nitrogens with zero attached hydrogens (tertiary/aromatic N) is 2.